The van der Waals surface area contributed by atoms with Gasteiger partial charge in [0.1, 0.15) is 5.76 Å². The van der Waals surface area contributed by atoms with Crippen LogP contribution in [0.1, 0.15) is 59.4 Å². The van der Waals surface area contributed by atoms with Crippen LogP contribution >= 0.6 is 0 Å². The molecule has 6 nitrogen and oxygen atoms in total. The number of anilines is 1. The molecule has 3 atom stereocenters. The molecular weight excluding hydrogens is 414 g/mol. The number of hydrogen-bond donors (Lipinski definition) is 2. The molecule has 176 valence electrons. The highest BCUT2D eigenvalue weighted by Gasteiger charge is 2.37. The van der Waals surface area contributed by atoms with Gasteiger partial charge in [-0.05, 0) is 75.4 Å². The third-order valence-electron chi connectivity index (χ3n) is 6.33. The minimum absolute atomic E-state index is 0.00622. The Morgan fingerprint density at radius 2 is 1.94 bits per heavy atom. The number of hydrogen-bond acceptors (Lipinski definition) is 4. The van der Waals surface area contributed by atoms with Crippen molar-refractivity contribution in [1.82, 2.24) is 4.90 Å². The molecule has 1 heterocycles. The summed E-state index contributed by atoms with van der Waals surface area (Å²) in [5.74, 6) is 0.175. The van der Waals surface area contributed by atoms with Crippen molar-refractivity contribution in [2.45, 2.75) is 66.0 Å². The number of amides is 2. The van der Waals surface area contributed by atoms with E-state index in [2.05, 4.69) is 26.1 Å². The van der Waals surface area contributed by atoms with Gasteiger partial charge in [-0.15, -0.1) is 0 Å². The Labute approximate surface area is 196 Å². The number of primary amides is 1. The first-order chi connectivity index (χ1) is 15.8. The molecule has 1 aliphatic heterocycles. The second-order valence-corrected chi connectivity index (χ2v) is 8.75. The zero-order valence-electron chi connectivity index (χ0n) is 20.2. The zero-order valence-corrected chi connectivity index (χ0v) is 20.2. The lowest BCUT2D eigenvalue weighted by Crippen LogP contribution is -2.48. The number of piperidine rings is 1. The molecule has 3 rings (SSSR count). The molecule has 1 saturated heterocycles. The van der Waals surface area contributed by atoms with Gasteiger partial charge in [-0.3, -0.25) is 9.59 Å². The van der Waals surface area contributed by atoms with Gasteiger partial charge in [0.25, 0.3) is 0 Å². The third-order valence-corrected chi connectivity index (χ3v) is 6.33. The first kappa shape index (κ1) is 24.4. The standard InChI is InChI=1S/C27H35N3O3/c1-6-14-33-26(17(3)7-2)20-8-11-22(12-9-20)29-24-15-18(4)30(19(5)31)25-13-10-21(27(28)32)16-23(24)25/h6,8-9,11-14,16,18,21,24,29H,7,10,15H2,1-5H3,(H2,28,32)/b14-6-,26-17+. The van der Waals surface area contributed by atoms with E-state index < -0.39 is 0 Å². The van der Waals surface area contributed by atoms with Crippen LogP contribution in [-0.2, 0) is 14.3 Å². The van der Waals surface area contributed by atoms with Crippen LogP contribution in [-0.4, -0.2) is 28.8 Å². The molecule has 0 saturated carbocycles. The fraction of sp³-hybridized carbons (Fsp3) is 0.407. The fourth-order valence-corrected chi connectivity index (χ4v) is 4.52. The van der Waals surface area contributed by atoms with Crippen molar-refractivity contribution in [1.29, 1.82) is 0 Å². The summed E-state index contributed by atoms with van der Waals surface area (Å²) in [6.07, 6.45) is 9.64. The van der Waals surface area contributed by atoms with Crippen LogP contribution in [0.15, 0.2) is 65.6 Å². The highest BCUT2D eigenvalue weighted by atomic mass is 16.5. The van der Waals surface area contributed by atoms with Gasteiger partial charge >= 0.3 is 0 Å². The molecule has 2 aliphatic rings. The lowest BCUT2D eigenvalue weighted by atomic mass is 9.82. The van der Waals surface area contributed by atoms with Gasteiger partial charge in [0.2, 0.25) is 11.8 Å². The topological polar surface area (TPSA) is 84.7 Å². The maximum Gasteiger partial charge on any atom is 0.224 e. The molecule has 1 fully saturated rings. The normalized spacial score (nSPS) is 23.3. The summed E-state index contributed by atoms with van der Waals surface area (Å²) in [6, 6.07) is 8.19. The molecule has 3 unspecified atom stereocenters. The number of carbonyl (C=O) groups is 2. The van der Waals surface area contributed by atoms with Gasteiger partial charge in [-0.25, -0.2) is 0 Å². The average Bonchev–Trinajstić information content (AvgIpc) is 2.79. The number of nitrogens with one attached hydrogen (secondary N) is 1. The van der Waals surface area contributed by atoms with Gasteiger partial charge in [0, 0.05) is 29.9 Å². The van der Waals surface area contributed by atoms with E-state index in [4.69, 9.17) is 10.5 Å². The second-order valence-electron chi connectivity index (χ2n) is 8.75. The summed E-state index contributed by atoms with van der Waals surface area (Å²) >= 11 is 0. The van der Waals surface area contributed by atoms with Crippen LogP contribution in [0.4, 0.5) is 5.69 Å². The Morgan fingerprint density at radius 3 is 2.52 bits per heavy atom. The fourth-order valence-electron chi connectivity index (χ4n) is 4.52. The van der Waals surface area contributed by atoms with Crippen LogP contribution in [0.25, 0.3) is 5.76 Å². The van der Waals surface area contributed by atoms with E-state index >= 15 is 0 Å². The second kappa shape index (κ2) is 10.6. The van der Waals surface area contributed by atoms with Crippen LogP contribution in [0.5, 0.6) is 0 Å². The lowest BCUT2D eigenvalue weighted by molar-refractivity contribution is -0.129. The first-order valence-electron chi connectivity index (χ1n) is 11.6. The largest absolute Gasteiger partial charge is 0.465 e. The van der Waals surface area contributed by atoms with Crippen LogP contribution in [0, 0.1) is 5.92 Å². The molecule has 0 radical (unpaired) electrons. The summed E-state index contributed by atoms with van der Waals surface area (Å²) in [5, 5.41) is 3.61. The highest BCUT2D eigenvalue weighted by molar-refractivity contribution is 5.81. The van der Waals surface area contributed by atoms with Gasteiger partial charge in [-0.1, -0.05) is 25.2 Å². The molecule has 0 bridgehead atoms. The number of rotatable bonds is 7. The van der Waals surface area contributed by atoms with Crippen molar-refractivity contribution in [3.63, 3.8) is 0 Å². The van der Waals surface area contributed by atoms with Crippen molar-refractivity contribution in [2.24, 2.45) is 11.7 Å². The average molecular weight is 450 g/mol. The summed E-state index contributed by atoms with van der Waals surface area (Å²) in [5.41, 5.74) is 10.6. The number of fused-ring (bicyclic) bond motifs is 1. The molecule has 1 aromatic carbocycles. The Hall–Kier alpha value is -3.28. The lowest BCUT2D eigenvalue weighted by Gasteiger charge is -2.43. The summed E-state index contributed by atoms with van der Waals surface area (Å²) in [4.78, 5) is 26.0. The Bertz CT molecular complexity index is 1020. The van der Waals surface area contributed by atoms with Crippen molar-refractivity contribution >= 4 is 23.3 Å². The van der Waals surface area contributed by atoms with Crippen LogP contribution < -0.4 is 11.1 Å². The first-order valence-corrected chi connectivity index (χ1v) is 11.6. The van der Waals surface area contributed by atoms with Crippen molar-refractivity contribution in [3.05, 3.63) is 71.2 Å². The molecule has 1 aromatic rings. The number of ether oxygens (including phenoxy) is 1. The monoisotopic (exact) mass is 449 g/mol. The number of carbonyl (C=O) groups excluding carboxylic acids is 2. The Morgan fingerprint density at radius 1 is 1.24 bits per heavy atom. The van der Waals surface area contributed by atoms with E-state index in [1.54, 1.807) is 13.2 Å². The Balaban J connectivity index is 1.88. The summed E-state index contributed by atoms with van der Waals surface area (Å²) < 4.78 is 5.85. The molecule has 33 heavy (non-hydrogen) atoms. The molecule has 1 aliphatic carbocycles. The van der Waals surface area contributed by atoms with E-state index in [-0.39, 0.29) is 29.8 Å². The molecule has 0 aromatic heterocycles. The summed E-state index contributed by atoms with van der Waals surface area (Å²) in [6.45, 7) is 9.76. The van der Waals surface area contributed by atoms with Crippen LogP contribution in [0.3, 0.4) is 0 Å². The molecule has 2 amide bonds. The predicted molar refractivity (Wildman–Crippen MR) is 133 cm³/mol. The maximum absolute atomic E-state index is 12.3. The van der Waals surface area contributed by atoms with Gasteiger partial charge in [0.05, 0.1) is 18.2 Å². The minimum atomic E-state index is -0.355. The maximum atomic E-state index is 12.3. The number of nitrogens with zero attached hydrogens (tertiary/aromatic N) is 1. The molecule has 6 heteroatoms. The van der Waals surface area contributed by atoms with Crippen molar-refractivity contribution in [3.8, 4) is 0 Å². The quantitative estimate of drug-likeness (QED) is 0.566. The minimum Gasteiger partial charge on any atom is -0.465 e. The van der Waals surface area contributed by atoms with E-state index in [0.29, 0.717) is 6.42 Å². The van der Waals surface area contributed by atoms with Crippen molar-refractivity contribution < 1.29 is 14.3 Å². The number of nitrogens with two attached hydrogens (primary N) is 1. The molecular formula is C27H35N3O3. The number of benzene rings is 1. The SMILES string of the molecule is C/C=C\O/C(=C(\C)CC)c1ccc(NC2CC(C)N(C(C)=O)C3=CCC(C(N)=O)C=C32)cc1. The van der Waals surface area contributed by atoms with E-state index in [0.717, 1.165) is 41.1 Å². The van der Waals surface area contributed by atoms with E-state index in [1.807, 2.05) is 54.3 Å². The van der Waals surface area contributed by atoms with Crippen molar-refractivity contribution in [2.75, 3.05) is 5.32 Å². The van der Waals surface area contributed by atoms with Gasteiger partial charge < -0.3 is 20.7 Å². The molecule has 0 spiro atoms. The van der Waals surface area contributed by atoms with Gasteiger partial charge in [-0.2, -0.15) is 0 Å². The van der Waals surface area contributed by atoms with E-state index in [9.17, 15) is 9.59 Å². The molecule has 3 N–H and O–H groups in total. The highest BCUT2D eigenvalue weighted by Crippen LogP contribution is 2.37. The predicted octanol–water partition coefficient (Wildman–Crippen LogP) is 5.11. The summed E-state index contributed by atoms with van der Waals surface area (Å²) in [7, 11) is 0. The number of likely N-dealkylation sites (tertiary alicyclic amines) is 1. The number of allylic oxidation sites excluding steroid dienone is 3. The third kappa shape index (κ3) is 5.38. The van der Waals surface area contributed by atoms with Gasteiger partial charge in [0.15, 0.2) is 0 Å². The van der Waals surface area contributed by atoms with Crippen LogP contribution in [0.2, 0.25) is 0 Å². The Kier molecular flexibility index (Phi) is 7.79. The smallest absolute Gasteiger partial charge is 0.224 e. The zero-order chi connectivity index (χ0) is 24.1. The van der Waals surface area contributed by atoms with E-state index in [1.165, 1.54) is 5.57 Å².